The Hall–Kier alpha value is -3.95. The average molecular weight is 468 g/mol. The van der Waals surface area contributed by atoms with Crippen LogP contribution in [0.5, 0.6) is 11.5 Å². The Bertz CT molecular complexity index is 1570. The van der Waals surface area contributed by atoms with Crippen molar-refractivity contribution in [1.29, 1.82) is 0 Å². The molecule has 0 unspecified atom stereocenters. The van der Waals surface area contributed by atoms with Gasteiger partial charge in [0.15, 0.2) is 11.4 Å². The van der Waals surface area contributed by atoms with Gasteiger partial charge in [-0.3, -0.25) is 19.9 Å². The maximum absolute atomic E-state index is 12.6. The first-order valence-electron chi connectivity index (χ1n) is 9.19. The second-order valence-electron chi connectivity index (χ2n) is 6.78. The van der Waals surface area contributed by atoms with Gasteiger partial charge in [-0.25, -0.2) is 4.98 Å². The number of fused-ring (bicyclic) bond motifs is 2. The van der Waals surface area contributed by atoms with Gasteiger partial charge >= 0.3 is 5.69 Å². The Morgan fingerprint density at radius 3 is 2.50 bits per heavy atom. The number of aromatic amines is 2. The second-order valence-corrected chi connectivity index (χ2v) is 7.59. The lowest BCUT2D eigenvalue weighted by molar-refractivity contribution is -0.382. The fraction of sp³-hybridized carbons (Fsp3) is 0. The fourth-order valence-electron chi connectivity index (χ4n) is 3.40. The largest absolute Gasteiger partial charge is 0.454 e. The van der Waals surface area contributed by atoms with Crippen molar-refractivity contribution in [2.45, 2.75) is 0 Å². The molecule has 5 rings (SSSR count). The first-order chi connectivity index (χ1) is 15.4. The van der Waals surface area contributed by atoms with Crippen LogP contribution in [0.25, 0.3) is 33.3 Å². The van der Waals surface area contributed by atoms with Crippen molar-refractivity contribution in [3.63, 3.8) is 0 Å². The summed E-state index contributed by atoms with van der Waals surface area (Å²) in [5.41, 5.74) is 0.516. The van der Waals surface area contributed by atoms with Crippen LogP contribution in [0.4, 0.5) is 5.69 Å². The Morgan fingerprint density at radius 2 is 1.75 bits per heavy atom. The van der Waals surface area contributed by atoms with Gasteiger partial charge in [0.25, 0.3) is 5.56 Å². The Morgan fingerprint density at radius 1 is 1.00 bits per heavy atom. The van der Waals surface area contributed by atoms with E-state index in [0.717, 1.165) is 0 Å². The van der Waals surface area contributed by atoms with Crippen molar-refractivity contribution in [3.8, 4) is 22.9 Å². The molecule has 0 saturated heterocycles. The first-order valence-corrected chi connectivity index (χ1v) is 9.94. The molecule has 0 fully saturated rings. The van der Waals surface area contributed by atoms with Crippen LogP contribution in [-0.2, 0) is 0 Å². The van der Waals surface area contributed by atoms with E-state index >= 15 is 0 Å². The van der Waals surface area contributed by atoms with Gasteiger partial charge in [0, 0.05) is 12.4 Å². The van der Waals surface area contributed by atoms with E-state index in [2.05, 4.69) is 19.9 Å². The second kappa shape index (κ2) is 7.63. The molecule has 3 heterocycles. The number of nitro groups is 1. The van der Waals surface area contributed by atoms with Crippen LogP contribution in [0.15, 0.2) is 59.7 Å². The predicted octanol–water partition coefficient (Wildman–Crippen LogP) is 5.47. The van der Waals surface area contributed by atoms with E-state index < -0.39 is 10.5 Å². The van der Waals surface area contributed by atoms with E-state index in [1.54, 1.807) is 36.4 Å². The van der Waals surface area contributed by atoms with E-state index in [4.69, 9.17) is 27.9 Å². The zero-order valence-electron chi connectivity index (χ0n) is 15.9. The Kier molecular flexibility index (Phi) is 4.76. The summed E-state index contributed by atoms with van der Waals surface area (Å²) in [6.45, 7) is 0. The number of benzene rings is 2. The van der Waals surface area contributed by atoms with Crippen LogP contribution in [-0.4, -0.2) is 24.9 Å². The molecular formula is C21H11Cl2N5O4. The molecule has 0 atom stereocenters. The van der Waals surface area contributed by atoms with E-state index in [9.17, 15) is 14.9 Å². The number of nitrogens with one attached hydrogen (secondary N) is 2. The van der Waals surface area contributed by atoms with Crippen LogP contribution < -0.4 is 10.3 Å². The van der Waals surface area contributed by atoms with E-state index in [1.165, 1.54) is 18.5 Å². The molecule has 2 N–H and O–H groups in total. The normalized spacial score (nSPS) is 11.2. The van der Waals surface area contributed by atoms with Gasteiger partial charge in [0.2, 0.25) is 0 Å². The maximum Gasteiger partial charge on any atom is 0.304 e. The molecule has 9 nitrogen and oxygen atoms in total. The molecule has 0 saturated carbocycles. The number of ether oxygens (including phenoxy) is 1. The summed E-state index contributed by atoms with van der Waals surface area (Å²) in [5.74, 6) is 0.440. The lowest BCUT2D eigenvalue weighted by atomic mass is 10.2. The number of nitrogens with zero attached hydrogens (tertiary/aromatic N) is 3. The highest BCUT2D eigenvalue weighted by molar-refractivity contribution is 6.36. The van der Waals surface area contributed by atoms with Crippen LogP contribution in [0, 0.1) is 10.1 Å². The third kappa shape index (κ3) is 3.33. The highest BCUT2D eigenvalue weighted by atomic mass is 35.5. The zero-order valence-corrected chi connectivity index (χ0v) is 17.4. The monoisotopic (exact) mass is 467 g/mol. The maximum atomic E-state index is 12.6. The summed E-state index contributed by atoms with van der Waals surface area (Å²) in [5, 5.41) is 12.6. The van der Waals surface area contributed by atoms with Crippen molar-refractivity contribution in [2.75, 3.05) is 0 Å². The van der Waals surface area contributed by atoms with Crippen LogP contribution >= 0.6 is 23.2 Å². The van der Waals surface area contributed by atoms with Gasteiger partial charge in [0.1, 0.15) is 21.5 Å². The van der Waals surface area contributed by atoms with E-state index in [-0.39, 0.29) is 44.0 Å². The summed E-state index contributed by atoms with van der Waals surface area (Å²) in [6.07, 6.45) is 2.74. The van der Waals surface area contributed by atoms with Gasteiger partial charge in [-0.2, -0.15) is 0 Å². The van der Waals surface area contributed by atoms with Gasteiger partial charge in [0.05, 0.1) is 26.9 Å². The summed E-state index contributed by atoms with van der Waals surface area (Å²) in [6, 6.07) is 11.6. The minimum absolute atomic E-state index is 0.00544. The van der Waals surface area contributed by atoms with Gasteiger partial charge in [-0.1, -0.05) is 35.3 Å². The van der Waals surface area contributed by atoms with Crippen molar-refractivity contribution >= 4 is 50.8 Å². The molecule has 32 heavy (non-hydrogen) atoms. The number of rotatable bonds is 4. The Balaban J connectivity index is 1.69. The van der Waals surface area contributed by atoms with Crippen molar-refractivity contribution < 1.29 is 9.66 Å². The molecule has 0 amide bonds. The average Bonchev–Trinajstić information content (AvgIpc) is 3.14. The minimum atomic E-state index is -0.569. The van der Waals surface area contributed by atoms with E-state index in [0.29, 0.717) is 16.6 Å². The number of H-pyrrole nitrogens is 2. The van der Waals surface area contributed by atoms with Crippen LogP contribution in [0.2, 0.25) is 10.0 Å². The van der Waals surface area contributed by atoms with Gasteiger partial charge in [-0.15, -0.1) is 0 Å². The molecule has 11 heteroatoms. The summed E-state index contributed by atoms with van der Waals surface area (Å²) in [7, 11) is 0. The molecule has 0 aliphatic heterocycles. The number of aromatic nitrogens is 4. The highest BCUT2D eigenvalue weighted by Crippen LogP contribution is 2.40. The first kappa shape index (κ1) is 20.0. The third-order valence-corrected chi connectivity index (χ3v) is 5.33. The molecular weight excluding hydrogens is 457 g/mol. The zero-order chi connectivity index (χ0) is 22.4. The molecule has 3 aromatic heterocycles. The summed E-state index contributed by atoms with van der Waals surface area (Å²) in [4.78, 5) is 37.9. The van der Waals surface area contributed by atoms with E-state index in [1.807, 2.05) is 0 Å². The molecule has 0 aliphatic rings. The number of hydrogen-bond acceptors (Lipinski definition) is 6. The minimum Gasteiger partial charge on any atom is -0.454 e. The number of pyridine rings is 1. The van der Waals surface area contributed by atoms with Gasteiger partial charge < -0.3 is 14.7 Å². The van der Waals surface area contributed by atoms with Crippen molar-refractivity contribution in [2.24, 2.45) is 0 Å². The molecule has 0 radical (unpaired) electrons. The highest BCUT2D eigenvalue weighted by Gasteiger charge is 2.27. The van der Waals surface area contributed by atoms with Crippen molar-refractivity contribution in [3.05, 3.63) is 85.4 Å². The van der Waals surface area contributed by atoms with Crippen molar-refractivity contribution in [1.82, 2.24) is 19.9 Å². The quantitative estimate of drug-likeness (QED) is 0.266. The number of para-hydroxylation sites is 2. The smallest absolute Gasteiger partial charge is 0.304 e. The molecule has 5 aromatic rings. The lowest BCUT2D eigenvalue weighted by Crippen LogP contribution is -2.12. The molecule has 0 bridgehead atoms. The fourth-order valence-corrected chi connectivity index (χ4v) is 3.84. The molecule has 0 aliphatic carbocycles. The lowest BCUT2D eigenvalue weighted by Gasteiger charge is -2.08. The molecule has 2 aromatic carbocycles. The SMILES string of the molecule is O=c1[nH]c2ccccc2nc1-c1[nH]c2ccc(Oc3c(Cl)cncc3Cl)cc2c1[N+](=O)[O-]. The molecule has 0 spiro atoms. The number of hydrogen-bond donors (Lipinski definition) is 2. The Labute approximate surface area is 188 Å². The predicted molar refractivity (Wildman–Crippen MR) is 121 cm³/mol. The van der Waals surface area contributed by atoms with Gasteiger partial charge in [-0.05, 0) is 30.3 Å². The molecule has 158 valence electrons. The van der Waals surface area contributed by atoms with Crippen LogP contribution in [0.3, 0.4) is 0 Å². The summed E-state index contributed by atoms with van der Waals surface area (Å²) >= 11 is 12.2. The topological polar surface area (TPSA) is 127 Å². The number of halogens is 2. The standard InChI is InChI=1S/C21H11Cl2N5O4/c22-12-8-24-9-13(23)20(12)32-10-5-6-14-11(7-10)19(28(30)31)17(25-14)18-21(29)27-16-4-2-1-3-15(16)26-18/h1-9,25H,(H,27,29). The van der Waals surface area contributed by atoms with Crippen LogP contribution in [0.1, 0.15) is 0 Å². The third-order valence-electron chi connectivity index (χ3n) is 4.79. The summed E-state index contributed by atoms with van der Waals surface area (Å²) < 4.78 is 5.76.